The van der Waals surface area contributed by atoms with Crippen molar-refractivity contribution in [2.75, 3.05) is 20.3 Å². The average Bonchev–Trinajstić information content (AvgIpc) is 3.59. The number of methoxy groups -OCH3 is 1. The average molecular weight is 527 g/mol. The molecular formula is C29H38N2O7. The third kappa shape index (κ3) is 5.49. The van der Waals surface area contributed by atoms with Crippen LogP contribution in [0.4, 0.5) is 0 Å². The first-order valence-electron chi connectivity index (χ1n) is 13.5. The van der Waals surface area contributed by atoms with Gasteiger partial charge in [-0.25, -0.2) is 0 Å². The number of allylic oxidation sites excluding steroid dienone is 1. The highest BCUT2D eigenvalue weighted by molar-refractivity contribution is 5.96. The molecule has 1 heterocycles. The normalized spacial score (nSPS) is 24.0. The molecule has 2 aliphatic carbocycles. The van der Waals surface area contributed by atoms with Crippen LogP contribution in [0, 0.1) is 0 Å². The number of unbranched alkanes of at least 4 members (excludes halogenated alkanes) is 2. The molecule has 38 heavy (non-hydrogen) atoms. The van der Waals surface area contributed by atoms with E-state index in [2.05, 4.69) is 11.9 Å². The van der Waals surface area contributed by atoms with Crippen LogP contribution in [0.2, 0.25) is 0 Å². The van der Waals surface area contributed by atoms with Crippen LogP contribution in [-0.4, -0.2) is 77.8 Å². The van der Waals surface area contributed by atoms with E-state index in [1.807, 2.05) is 6.08 Å². The van der Waals surface area contributed by atoms with Crippen LogP contribution >= 0.6 is 0 Å². The summed E-state index contributed by atoms with van der Waals surface area (Å²) in [5, 5.41) is 23.7. The van der Waals surface area contributed by atoms with Crippen molar-refractivity contribution in [2.45, 2.75) is 81.6 Å². The lowest BCUT2D eigenvalue weighted by Crippen LogP contribution is -2.58. The molecule has 4 atom stereocenters. The number of carbonyl (C=O) groups excluding carboxylic acids is 3. The number of rotatable bonds is 12. The fourth-order valence-corrected chi connectivity index (χ4v) is 6.02. The predicted octanol–water partition coefficient (Wildman–Crippen LogP) is 2.65. The van der Waals surface area contributed by atoms with Crippen LogP contribution in [-0.2, 0) is 9.59 Å². The number of hydrogen-bond acceptors (Lipinski definition) is 7. The van der Waals surface area contributed by atoms with Crippen LogP contribution in [0.15, 0.2) is 36.4 Å². The van der Waals surface area contributed by atoms with E-state index in [4.69, 9.17) is 9.47 Å². The van der Waals surface area contributed by atoms with Crippen molar-refractivity contribution >= 4 is 18.1 Å². The lowest BCUT2D eigenvalue weighted by atomic mass is 9.77. The summed E-state index contributed by atoms with van der Waals surface area (Å²) in [5.74, 6) is -0.425. The van der Waals surface area contributed by atoms with Gasteiger partial charge in [0.2, 0.25) is 11.8 Å². The zero-order chi connectivity index (χ0) is 27.2. The minimum absolute atomic E-state index is 0.0314. The summed E-state index contributed by atoms with van der Waals surface area (Å²) < 4.78 is 11.7. The molecule has 9 nitrogen and oxygen atoms in total. The van der Waals surface area contributed by atoms with Gasteiger partial charge in [0.1, 0.15) is 18.5 Å². The Hall–Kier alpha value is -3.17. The molecule has 2 amide bonds. The quantitative estimate of drug-likeness (QED) is 0.217. The highest BCUT2D eigenvalue weighted by atomic mass is 16.5. The second kappa shape index (κ2) is 12.6. The van der Waals surface area contributed by atoms with Gasteiger partial charge in [0.25, 0.3) is 0 Å². The summed E-state index contributed by atoms with van der Waals surface area (Å²) in [5.41, 5.74) is 1.27. The molecule has 1 aromatic rings. The van der Waals surface area contributed by atoms with E-state index in [-0.39, 0.29) is 25.1 Å². The van der Waals surface area contributed by atoms with E-state index in [0.29, 0.717) is 47.3 Å². The summed E-state index contributed by atoms with van der Waals surface area (Å²) >= 11 is 0. The summed E-state index contributed by atoms with van der Waals surface area (Å²) in [6, 6.07) is 2.41. The SMILES string of the molecule is C=CCCCCC(=O)N(C1CCCC1)[C@@H]1C=C(C(=O)NCCO)[C@@H]2c3cc(C=O)cc(OC)c3O[C@@H]2[C@H]1O. The zero-order valence-electron chi connectivity index (χ0n) is 21.9. The van der Waals surface area contributed by atoms with Crippen molar-refractivity contribution in [2.24, 2.45) is 0 Å². The van der Waals surface area contributed by atoms with Crippen LogP contribution in [0.1, 0.15) is 73.2 Å². The lowest BCUT2D eigenvalue weighted by molar-refractivity contribution is -0.140. The van der Waals surface area contributed by atoms with Crippen molar-refractivity contribution in [1.29, 1.82) is 0 Å². The number of carbonyl (C=O) groups is 3. The fraction of sp³-hybridized carbons (Fsp3) is 0.552. The molecule has 1 aliphatic heterocycles. The Labute approximate surface area is 223 Å². The molecule has 0 bridgehead atoms. The van der Waals surface area contributed by atoms with E-state index in [1.165, 1.54) is 7.11 Å². The largest absolute Gasteiger partial charge is 0.493 e. The maximum atomic E-state index is 13.6. The number of aliphatic hydroxyl groups excluding tert-OH is 2. The molecule has 3 N–H and O–H groups in total. The molecule has 3 aliphatic rings. The summed E-state index contributed by atoms with van der Waals surface area (Å²) in [6.07, 6.45) is 8.69. The molecule has 1 saturated carbocycles. The van der Waals surface area contributed by atoms with E-state index < -0.39 is 30.1 Å². The number of amides is 2. The van der Waals surface area contributed by atoms with Crippen LogP contribution < -0.4 is 14.8 Å². The molecule has 0 radical (unpaired) electrons. The molecule has 0 saturated heterocycles. The zero-order valence-corrected chi connectivity index (χ0v) is 21.9. The van der Waals surface area contributed by atoms with Gasteiger partial charge in [-0.2, -0.15) is 0 Å². The van der Waals surface area contributed by atoms with Crippen molar-refractivity contribution in [3.63, 3.8) is 0 Å². The third-order valence-corrected chi connectivity index (χ3v) is 7.79. The predicted molar refractivity (Wildman–Crippen MR) is 141 cm³/mol. The van der Waals surface area contributed by atoms with Gasteiger partial charge in [-0.15, -0.1) is 6.58 Å². The molecule has 4 rings (SSSR count). The number of benzene rings is 1. The minimum Gasteiger partial charge on any atom is -0.493 e. The van der Waals surface area contributed by atoms with E-state index in [9.17, 15) is 24.6 Å². The first-order chi connectivity index (χ1) is 18.4. The van der Waals surface area contributed by atoms with Crippen molar-refractivity contribution < 1.29 is 34.1 Å². The molecule has 206 valence electrons. The molecule has 1 fully saturated rings. The second-order valence-electron chi connectivity index (χ2n) is 10.2. The topological polar surface area (TPSA) is 125 Å². The Morgan fingerprint density at radius 3 is 2.68 bits per heavy atom. The van der Waals surface area contributed by atoms with Crippen molar-refractivity contribution in [3.8, 4) is 11.5 Å². The number of fused-ring (bicyclic) bond motifs is 3. The molecule has 0 spiro atoms. The number of aldehydes is 1. The minimum atomic E-state index is -1.11. The summed E-state index contributed by atoms with van der Waals surface area (Å²) in [7, 11) is 1.46. The summed E-state index contributed by atoms with van der Waals surface area (Å²) in [4.78, 5) is 40.4. The Morgan fingerprint density at radius 2 is 2.03 bits per heavy atom. The lowest BCUT2D eigenvalue weighted by Gasteiger charge is -2.43. The number of ether oxygens (including phenoxy) is 2. The molecule has 0 aromatic heterocycles. The Bertz CT molecular complexity index is 1080. The van der Waals surface area contributed by atoms with E-state index in [0.717, 1.165) is 38.5 Å². The first-order valence-corrected chi connectivity index (χ1v) is 13.5. The maximum absolute atomic E-state index is 13.6. The van der Waals surface area contributed by atoms with Crippen molar-refractivity contribution in [1.82, 2.24) is 10.2 Å². The second-order valence-corrected chi connectivity index (χ2v) is 10.2. The monoisotopic (exact) mass is 526 g/mol. The highest BCUT2D eigenvalue weighted by Gasteiger charge is 2.52. The van der Waals surface area contributed by atoms with Gasteiger partial charge in [0.05, 0.1) is 25.7 Å². The smallest absolute Gasteiger partial charge is 0.247 e. The van der Waals surface area contributed by atoms with E-state index >= 15 is 0 Å². The van der Waals surface area contributed by atoms with E-state index in [1.54, 1.807) is 23.1 Å². The fourth-order valence-electron chi connectivity index (χ4n) is 6.02. The van der Waals surface area contributed by atoms with Crippen LogP contribution in [0.25, 0.3) is 0 Å². The number of hydrogen-bond donors (Lipinski definition) is 3. The van der Waals surface area contributed by atoms with Crippen LogP contribution in [0.5, 0.6) is 11.5 Å². The first kappa shape index (κ1) is 27.9. The Balaban J connectivity index is 1.75. The summed E-state index contributed by atoms with van der Waals surface area (Å²) in [6.45, 7) is 3.57. The van der Waals surface area contributed by atoms with Gasteiger partial charge in [-0.05, 0) is 50.3 Å². The standard InChI is InChI=1S/C29H38N2O7/c1-3-4-5-6-11-24(34)31(19-9-7-8-10-19)22-16-21(29(36)30-12-13-32)25-20-14-18(17-33)15-23(37-2)27(20)38-28(25)26(22)35/h3,14-17,19,22,25-26,28,32,35H,1,4-13H2,2H3,(H,30,36)/t22-,25+,26+,28+/m1/s1. The third-order valence-electron chi connectivity index (χ3n) is 7.79. The van der Waals surface area contributed by atoms with Gasteiger partial charge in [-0.1, -0.05) is 18.9 Å². The van der Waals surface area contributed by atoms with Crippen molar-refractivity contribution in [3.05, 3.63) is 47.6 Å². The van der Waals surface area contributed by atoms with Crippen LogP contribution in [0.3, 0.4) is 0 Å². The Kier molecular flexibility index (Phi) is 9.22. The number of aliphatic hydroxyl groups is 2. The Morgan fingerprint density at radius 1 is 1.26 bits per heavy atom. The number of nitrogens with zero attached hydrogens (tertiary/aromatic N) is 1. The molecule has 1 aromatic carbocycles. The molecular weight excluding hydrogens is 488 g/mol. The van der Waals surface area contributed by atoms with Gasteiger partial charge in [0.15, 0.2) is 11.5 Å². The maximum Gasteiger partial charge on any atom is 0.247 e. The van der Waals surface area contributed by atoms with Gasteiger partial charge < -0.3 is 29.9 Å². The van der Waals surface area contributed by atoms with Gasteiger partial charge in [-0.3, -0.25) is 14.4 Å². The highest BCUT2D eigenvalue weighted by Crippen LogP contribution is 2.51. The van der Waals surface area contributed by atoms with Gasteiger partial charge >= 0.3 is 0 Å². The molecule has 9 heteroatoms. The molecule has 0 unspecified atom stereocenters. The number of nitrogens with one attached hydrogen (secondary N) is 1. The van der Waals surface area contributed by atoms with Gasteiger partial charge in [0, 0.05) is 35.7 Å².